The quantitative estimate of drug-likeness (QED) is 0.778. The number of nitrogens with one attached hydrogen (secondary N) is 1. The molecule has 18 heavy (non-hydrogen) atoms. The summed E-state index contributed by atoms with van der Waals surface area (Å²) in [6, 6.07) is 2.79. The van der Waals surface area contributed by atoms with E-state index in [1.807, 2.05) is 12.4 Å². The maximum atomic E-state index is 9.02. The number of pyridine rings is 1. The van der Waals surface area contributed by atoms with Crippen molar-refractivity contribution in [1.29, 1.82) is 0 Å². The van der Waals surface area contributed by atoms with Crippen LogP contribution in [0.15, 0.2) is 18.5 Å². The highest BCUT2D eigenvalue weighted by Crippen LogP contribution is 2.30. The van der Waals surface area contributed by atoms with E-state index in [1.54, 1.807) is 0 Å². The van der Waals surface area contributed by atoms with E-state index in [9.17, 15) is 0 Å². The van der Waals surface area contributed by atoms with Crippen molar-refractivity contribution < 1.29 is 5.11 Å². The number of aliphatic hydroxyl groups is 1. The van der Waals surface area contributed by atoms with E-state index in [0.29, 0.717) is 6.04 Å². The van der Waals surface area contributed by atoms with Gasteiger partial charge in [-0.3, -0.25) is 4.98 Å². The monoisotopic (exact) mass is 249 g/mol. The van der Waals surface area contributed by atoms with Gasteiger partial charge in [0.05, 0.1) is 23.8 Å². The van der Waals surface area contributed by atoms with Crippen LogP contribution in [0, 0.1) is 0 Å². The topological polar surface area (TPSA) is 48.4 Å². The predicted octanol–water partition coefficient (Wildman–Crippen LogP) is 2.25. The molecule has 0 unspecified atom stereocenters. The highest BCUT2D eigenvalue weighted by molar-refractivity contribution is 5.56. The Morgan fingerprint density at radius 1 is 1.44 bits per heavy atom. The summed E-state index contributed by atoms with van der Waals surface area (Å²) in [5.41, 5.74) is 2.25. The molecule has 0 radical (unpaired) electrons. The number of aliphatic hydroxyl groups excluding tert-OH is 1. The molecule has 4 nitrogen and oxygen atoms in total. The largest absolute Gasteiger partial charge is 0.396 e. The molecular weight excluding hydrogens is 226 g/mol. The lowest BCUT2D eigenvalue weighted by Gasteiger charge is -2.39. The summed E-state index contributed by atoms with van der Waals surface area (Å²) in [7, 11) is 0. The second kappa shape index (κ2) is 6.59. The van der Waals surface area contributed by atoms with E-state index < -0.39 is 0 Å². The lowest BCUT2D eigenvalue weighted by molar-refractivity contribution is 0.283. The second-order valence-corrected chi connectivity index (χ2v) is 4.82. The Balaban J connectivity index is 2.10. The van der Waals surface area contributed by atoms with Gasteiger partial charge in [-0.05, 0) is 38.7 Å². The number of hydrogen-bond acceptors (Lipinski definition) is 4. The molecule has 4 heteroatoms. The second-order valence-electron chi connectivity index (χ2n) is 4.82. The number of nitrogens with zero attached hydrogens (tertiary/aromatic N) is 2. The van der Waals surface area contributed by atoms with Crippen LogP contribution in [0.4, 0.5) is 11.4 Å². The molecule has 1 aliphatic rings. The zero-order valence-electron chi connectivity index (χ0n) is 11.1. The Morgan fingerprint density at radius 3 is 2.89 bits per heavy atom. The van der Waals surface area contributed by atoms with Crippen molar-refractivity contribution in [3.8, 4) is 0 Å². The lowest BCUT2D eigenvalue weighted by atomic mass is 9.91. The molecule has 2 N–H and O–H groups in total. The zero-order chi connectivity index (χ0) is 12.8. The number of aromatic nitrogens is 1. The minimum absolute atomic E-state index is 0.254. The molecule has 1 aromatic rings. The van der Waals surface area contributed by atoms with Gasteiger partial charge in [-0.1, -0.05) is 0 Å². The van der Waals surface area contributed by atoms with Crippen LogP contribution in [0.25, 0.3) is 0 Å². The summed E-state index contributed by atoms with van der Waals surface area (Å²) in [6.45, 7) is 4.16. The van der Waals surface area contributed by atoms with E-state index in [2.05, 4.69) is 28.2 Å². The van der Waals surface area contributed by atoms with E-state index in [1.165, 1.54) is 24.9 Å². The molecule has 1 aliphatic carbocycles. The van der Waals surface area contributed by atoms with Crippen LogP contribution in [-0.4, -0.2) is 35.8 Å². The standard InChI is InChI=1S/C14H23N3O/c1-2-16-12-9-14(11-15-10-12)17(7-4-8-18)13-5-3-6-13/h9-11,13,16,18H,2-8H2,1H3. The fraction of sp³-hybridized carbons (Fsp3) is 0.643. The third-order valence-corrected chi connectivity index (χ3v) is 3.51. The third-order valence-electron chi connectivity index (χ3n) is 3.51. The maximum Gasteiger partial charge on any atom is 0.0576 e. The lowest BCUT2D eigenvalue weighted by Crippen LogP contribution is -2.41. The molecule has 0 spiro atoms. The minimum Gasteiger partial charge on any atom is -0.396 e. The van der Waals surface area contributed by atoms with Crippen molar-refractivity contribution in [3.63, 3.8) is 0 Å². The molecule has 0 amide bonds. The van der Waals surface area contributed by atoms with E-state index in [4.69, 9.17) is 5.11 Å². The molecule has 1 saturated carbocycles. The van der Waals surface area contributed by atoms with Crippen LogP contribution in [0.3, 0.4) is 0 Å². The fourth-order valence-electron chi connectivity index (χ4n) is 2.35. The van der Waals surface area contributed by atoms with Gasteiger partial charge in [-0.25, -0.2) is 0 Å². The van der Waals surface area contributed by atoms with Gasteiger partial charge in [0, 0.05) is 25.7 Å². The Morgan fingerprint density at radius 2 is 2.28 bits per heavy atom. The number of rotatable bonds is 7. The van der Waals surface area contributed by atoms with E-state index >= 15 is 0 Å². The molecule has 0 atom stereocenters. The molecule has 1 heterocycles. The molecule has 2 rings (SSSR count). The molecule has 0 saturated heterocycles. The molecule has 1 aromatic heterocycles. The van der Waals surface area contributed by atoms with Crippen LogP contribution >= 0.6 is 0 Å². The molecule has 0 aliphatic heterocycles. The molecular formula is C14H23N3O. The van der Waals surface area contributed by atoms with Crippen molar-refractivity contribution in [1.82, 2.24) is 4.98 Å². The molecule has 1 fully saturated rings. The van der Waals surface area contributed by atoms with E-state index in [-0.39, 0.29) is 6.61 Å². The van der Waals surface area contributed by atoms with Gasteiger partial charge in [0.25, 0.3) is 0 Å². The van der Waals surface area contributed by atoms with Gasteiger partial charge in [0.1, 0.15) is 0 Å². The first kappa shape index (κ1) is 13.1. The van der Waals surface area contributed by atoms with Gasteiger partial charge in [-0.15, -0.1) is 0 Å². The van der Waals surface area contributed by atoms with Crippen LogP contribution < -0.4 is 10.2 Å². The Kier molecular flexibility index (Phi) is 4.81. The summed E-state index contributed by atoms with van der Waals surface area (Å²) >= 11 is 0. The first-order valence-corrected chi connectivity index (χ1v) is 6.91. The first-order valence-electron chi connectivity index (χ1n) is 6.91. The van der Waals surface area contributed by atoms with E-state index in [0.717, 1.165) is 25.2 Å². The van der Waals surface area contributed by atoms with Gasteiger partial charge < -0.3 is 15.3 Å². The minimum atomic E-state index is 0.254. The Labute approximate surface area is 109 Å². The van der Waals surface area contributed by atoms with Gasteiger partial charge >= 0.3 is 0 Å². The summed E-state index contributed by atoms with van der Waals surface area (Å²) in [6.07, 6.45) is 8.45. The fourth-order valence-corrected chi connectivity index (χ4v) is 2.35. The third kappa shape index (κ3) is 3.13. The van der Waals surface area contributed by atoms with Crippen molar-refractivity contribution in [2.75, 3.05) is 29.9 Å². The summed E-state index contributed by atoms with van der Waals surface area (Å²) < 4.78 is 0. The highest BCUT2D eigenvalue weighted by Gasteiger charge is 2.25. The number of hydrogen-bond donors (Lipinski definition) is 2. The normalized spacial score (nSPS) is 15.2. The van der Waals surface area contributed by atoms with Crippen LogP contribution in [-0.2, 0) is 0 Å². The van der Waals surface area contributed by atoms with Crippen LogP contribution in [0.5, 0.6) is 0 Å². The Bertz CT molecular complexity index is 366. The maximum absolute atomic E-state index is 9.02. The van der Waals surface area contributed by atoms with Crippen LogP contribution in [0.1, 0.15) is 32.6 Å². The summed E-state index contributed by atoms with van der Waals surface area (Å²) in [4.78, 5) is 6.70. The van der Waals surface area contributed by atoms with Gasteiger partial charge in [0.15, 0.2) is 0 Å². The first-order chi connectivity index (χ1) is 8.85. The summed E-state index contributed by atoms with van der Waals surface area (Å²) in [5.74, 6) is 0. The van der Waals surface area contributed by atoms with Crippen molar-refractivity contribution >= 4 is 11.4 Å². The van der Waals surface area contributed by atoms with Gasteiger partial charge in [0.2, 0.25) is 0 Å². The van der Waals surface area contributed by atoms with Crippen molar-refractivity contribution in [2.45, 2.75) is 38.6 Å². The number of anilines is 2. The Hall–Kier alpha value is -1.29. The van der Waals surface area contributed by atoms with Crippen molar-refractivity contribution in [3.05, 3.63) is 18.5 Å². The molecule has 0 aromatic carbocycles. The average Bonchev–Trinajstić information content (AvgIpc) is 2.33. The highest BCUT2D eigenvalue weighted by atomic mass is 16.3. The van der Waals surface area contributed by atoms with Gasteiger partial charge in [-0.2, -0.15) is 0 Å². The SMILES string of the molecule is CCNc1cncc(N(CCCO)C2CCC2)c1. The summed E-state index contributed by atoms with van der Waals surface area (Å²) in [5, 5.41) is 12.3. The van der Waals surface area contributed by atoms with Crippen LogP contribution in [0.2, 0.25) is 0 Å². The van der Waals surface area contributed by atoms with Crippen molar-refractivity contribution in [2.24, 2.45) is 0 Å². The smallest absolute Gasteiger partial charge is 0.0576 e. The zero-order valence-corrected chi connectivity index (χ0v) is 11.1. The average molecular weight is 249 g/mol. The molecule has 100 valence electrons. The predicted molar refractivity (Wildman–Crippen MR) is 75.1 cm³/mol. The molecule has 0 bridgehead atoms.